The monoisotopic (exact) mass is 405 g/mol. The molecule has 0 radical (unpaired) electrons. The number of aryl methyl sites for hydroxylation is 1. The zero-order chi connectivity index (χ0) is 21.2. The minimum atomic E-state index is -4.65. The SMILES string of the molecule is Cc1nn(-c2ccccc2)c(C)c1CC(=O)NCc1cc(F)cc(C(F)(F)F)c1. The number of carbonyl (C=O) groups excluding carboxylic acids is 1. The molecular weight excluding hydrogens is 386 g/mol. The van der Waals surface area contributed by atoms with Crippen molar-refractivity contribution in [2.75, 3.05) is 0 Å². The Labute approximate surface area is 165 Å². The van der Waals surface area contributed by atoms with Crippen LogP contribution >= 0.6 is 0 Å². The minimum absolute atomic E-state index is 0.0198. The second-order valence-electron chi connectivity index (χ2n) is 6.70. The average Bonchev–Trinajstić information content (AvgIpc) is 2.94. The van der Waals surface area contributed by atoms with Crippen LogP contribution in [-0.4, -0.2) is 15.7 Å². The van der Waals surface area contributed by atoms with Crippen molar-refractivity contribution in [1.82, 2.24) is 15.1 Å². The summed E-state index contributed by atoms with van der Waals surface area (Å²) in [5, 5.41) is 7.01. The molecule has 0 spiro atoms. The summed E-state index contributed by atoms with van der Waals surface area (Å²) in [7, 11) is 0. The molecule has 3 rings (SSSR count). The molecule has 0 bridgehead atoms. The molecule has 3 aromatic rings. The number of nitrogens with one attached hydrogen (secondary N) is 1. The van der Waals surface area contributed by atoms with Gasteiger partial charge < -0.3 is 5.32 Å². The largest absolute Gasteiger partial charge is 0.416 e. The van der Waals surface area contributed by atoms with E-state index >= 15 is 0 Å². The van der Waals surface area contributed by atoms with Crippen molar-refractivity contribution in [2.45, 2.75) is 33.0 Å². The van der Waals surface area contributed by atoms with Gasteiger partial charge in [-0.25, -0.2) is 9.07 Å². The Morgan fingerprint density at radius 3 is 2.45 bits per heavy atom. The van der Waals surface area contributed by atoms with E-state index in [-0.39, 0.29) is 24.4 Å². The molecule has 1 amide bonds. The maximum absolute atomic E-state index is 13.5. The van der Waals surface area contributed by atoms with Crippen molar-refractivity contribution < 1.29 is 22.4 Å². The van der Waals surface area contributed by atoms with Crippen molar-refractivity contribution in [3.05, 3.63) is 82.4 Å². The molecule has 152 valence electrons. The maximum Gasteiger partial charge on any atom is 0.416 e. The molecule has 0 saturated carbocycles. The summed E-state index contributed by atoms with van der Waals surface area (Å²) in [5.74, 6) is -1.39. The van der Waals surface area contributed by atoms with Crippen molar-refractivity contribution >= 4 is 5.91 Å². The van der Waals surface area contributed by atoms with Gasteiger partial charge in [0.25, 0.3) is 0 Å². The Hall–Kier alpha value is -3.16. The highest BCUT2D eigenvalue weighted by Gasteiger charge is 2.31. The fourth-order valence-electron chi connectivity index (χ4n) is 3.09. The van der Waals surface area contributed by atoms with Gasteiger partial charge in [0.1, 0.15) is 5.82 Å². The molecule has 0 aliphatic rings. The van der Waals surface area contributed by atoms with Crippen LogP contribution in [0.1, 0.15) is 28.1 Å². The van der Waals surface area contributed by atoms with Crippen LogP contribution < -0.4 is 5.32 Å². The van der Waals surface area contributed by atoms with E-state index in [0.717, 1.165) is 29.1 Å². The third-order valence-electron chi connectivity index (χ3n) is 4.55. The van der Waals surface area contributed by atoms with Gasteiger partial charge in [-0.15, -0.1) is 0 Å². The summed E-state index contributed by atoms with van der Waals surface area (Å²) in [5.41, 5.74) is 2.04. The summed E-state index contributed by atoms with van der Waals surface area (Å²) < 4.78 is 53.6. The zero-order valence-electron chi connectivity index (χ0n) is 15.8. The fraction of sp³-hybridized carbons (Fsp3) is 0.238. The number of carbonyl (C=O) groups is 1. The Balaban J connectivity index is 1.71. The van der Waals surface area contributed by atoms with Gasteiger partial charge in [0.05, 0.1) is 23.4 Å². The van der Waals surface area contributed by atoms with Crippen LogP contribution in [0.4, 0.5) is 17.6 Å². The highest BCUT2D eigenvalue weighted by Crippen LogP contribution is 2.30. The van der Waals surface area contributed by atoms with E-state index < -0.39 is 17.6 Å². The molecule has 1 aromatic heterocycles. The number of halogens is 4. The Kier molecular flexibility index (Phi) is 5.72. The molecule has 0 atom stereocenters. The molecule has 4 nitrogen and oxygen atoms in total. The van der Waals surface area contributed by atoms with Crippen LogP contribution in [-0.2, 0) is 23.9 Å². The Bertz CT molecular complexity index is 1030. The van der Waals surface area contributed by atoms with Crippen LogP contribution in [0.25, 0.3) is 5.69 Å². The van der Waals surface area contributed by atoms with Gasteiger partial charge in [0.2, 0.25) is 5.91 Å². The van der Waals surface area contributed by atoms with Gasteiger partial charge in [-0.1, -0.05) is 18.2 Å². The first-order valence-corrected chi connectivity index (χ1v) is 8.89. The van der Waals surface area contributed by atoms with Crippen molar-refractivity contribution in [1.29, 1.82) is 0 Å². The highest BCUT2D eigenvalue weighted by molar-refractivity contribution is 5.79. The lowest BCUT2D eigenvalue weighted by atomic mass is 10.1. The molecule has 1 N–H and O–H groups in total. The molecule has 0 unspecified atom stereocenters. The number of para-hydroxylation sites is 1. The number of hydrogen-bond donors (Lipinski definition) is 1. The van der Waals surface area contributed by atoms with E-state index in [2.05, 4.69) is 10.4 Å². The summed E-state index contributed by atoms with van der Waals surface area (Å²) in [6, 6.07) is 11.7. The van der Waals surface area contributed by atoms with Crippen LogP contribution in [0.15, 0.2) is 48.5 Å². The van der Waals surface area contributed by atoms with E-state index in [9.17, 15) is 22.4 Å². The number of rotatable bonds is 5. The fourth-order valence-corrected chi connectivity index (χ4v) is 3.09. The van der Waals surface area contributed by atoms with E-state index in [0.29, 0.717) is 11.8 Å². The highest BCUT2D eigenvalue weighted by atomic mass is 19.4. The molecule has 0 fully saturated rings. The first kappa shape index (κ1) is 20.6. The summed E-state index contributed by atoms with van der Waals surface area (Å²) in [6.07, 6.45) is -4.63. The number of aromatic nitrogens is 2. The first-order valence-electron chi connectivity index (χ1n) is 8.89. The topological polar surface area (TPSA) is 46.9 Å². The quantitative estimate of drug-likeness (QED) is 0.635. The predicted molar refractivity (Wildman–Crippen MR) is 100.0 cm³/mol. The summed E-state index contributed by atoms with van der Waals surface area (Å²) in [6.45, 7) is 3.43. The number of amides is 1. The molecule has 0 aliphatic carbocycles. The molecule has 1 heterocycles. The summed E-state index contributed by atoms with van der Waals surface area (Å²) in [4.78, 5) is 12.3. The third kappa shape index (κ3) is 4.82. The molecule has 8 heteroatoms. The second kappa shape index (κ2) is 8.06. The lowest BCUT2D eigenvalue weighted by Gasteiger charge is -2.10. The van der Waals surface area contributed by atoms with E-state index in [1.54, 1.807) is 11.6 Å². The van der Waals surface area contributed by atoms with Crippen LogP contribution in [0.3, 0.4) is 0 Å². The van der Waals surface area contributed by atoms with Crippen molar-refractivity contribution in [3.8, 4) is 5.69 Å². The smallest absolute Gasteiger partial charge is 0.352 e. The Morgan fingerprint density at radius 2 is 1.79 bits per heavy atom. The van der Waals surface area contributed by atoms with Crippen LogP contribution in [0, 0.1) is 19.7 Å². The normalized spacial score (nSPS) is 11.5. The number of alkyl halides is 3. The number of nitrogens with zero attached hydrogens (tertiary/aromatic N) is 2. The van der Waals surface area contributed by atoms with E-state index in [1.807, 2.05) is 37.3 Å². The average molecular weight is 405 g/mol. The van der Waals surface area contributed by atoms with E-state index in [1.165, 1.54) is 0 Å². The van der Waals surface area contributed by atoms with Gasteiger partial charge in [0.15, 0.2) is 0 Å². The van der Waals surface area contributed by atoms with Gasteiger partial charge in [0, 0.05) is 17.8 Å². The number of benzene rings is 2. The lowest BCUT2D eigenvalue weighted by molar-refractivity contribution is -0.137. The Morgan fingerprint density at radius 1 is 1.10 bits per heavy atom. The van der Waals surface area contributed by atoms with Gasteiger partial charge in [-0.05, 0) is 49.7 Å². The second-order valence-corrected chi connectivity index (χ2v) is 6.70. The van der Waals surface area contributed by atoms with Crippen LogP contribution in [0.2, 0.25) is 0 Å². The van der Waals surface area contributed by atoms with Gasteiger partial charge in [-0.3, -0.25) is 4.79 Å². The third-order valence-corrected chi connectivity index (χ3v) is 4.55. The molecule has 2 aromatic carbocycles. The molecule has 29 heavy (non-hydrogen) atoms. The molecule has 0 saturated heterocycles. The van der Waals surface area contributed by atoms with Crippen LogP contribution in [0.5, 0.6) is 0 Å². The maximum atomic E-state index is 13.5. The van der Waals surface area contributed by atoms with Gasteiger partial charge in [-0.2, -0.15) is 18.3 Å². The minimum Gasteiger partial charge on any atom is -0.352 e. The molecular formula is C21H19F4N3O. The van der Waals surface area contributed by atoms with Crippen molar-refractivity contribution in [3.63, 3.8) is 0 Å². The number of hydrogen-bond acceptors (Lipinski definition) is 2. The molecule has 0 aliphatic heterocycles. The van der Waals surface area contributed by atoms with Crippen molar-refractivity contribution in [2.24, 2.45) is 0 Å². The summed E-state index contributed by atoms with van der Waals surface area (Å²) >= 11 is 0. The zero-order valence-corrected chi connectivity index (χ0v) is 15.8. The van der Waals surface area contributed by atoms with E-state index in [4.69, 9.17) is 0 Å². The van der Waals surface area contributed by atoms with Gasteiger partial charge >= 0.3 is 6.18 Å². The first-order chi connectivity index (χ1) is 13.6. The lowest BCUT2D eigenvalue weighted by Crippen LogP contribution is -2.25. The predicted octanol–water partition coefficient (Wildman–Crippen LogP) is 4.51. The standard InChI is InChI=1S/C21H19F4N3O/c1-13-19(14(2)28(27-13)18-6-4-3-5-7-18)11-20(29)26-12-15-8-16(21(23,24)25)10-17(22)9-15/h3-10H,11-12H2,1-2H3,(H,26,29).